The Kier molecular flexibility index (Phi) is 4.22. The van der Waals surface area contributed by atoms with Crippen molar-refractivity contribution in [3.8, 4) is 28.8 Å². The topological polar surface area (TPSA) is 47.9 Å². The van der Waals surface area contributed by atoms with E-state index in [2.05, 4.69) is 15.0 Å². The zero-order valence-electron chi connectivity index (χ0n) is 11.6. The van der Waals surface area contributed by atoms with Gasteiger partial charge in [0.25, 0.3) is 0 Å². The van der Waals surface area contributed by atoms with Gasteiger partial charge >= 0.3 is 6.01 Å². The molecule has 0 N–H and O–H groups in total. The summed E-state index contributed by atoms with van der Waals surface area (Å²) < 4.78 is 5.17. The first-order chi connectivity index (χ1) is 10.7. The van der Waals surface area contributed by atoms with Gasteiger partial charge in [-0.3, -0.25) is 0 Å². The highest BCUT2D eigenvalue weighted by molar-refractivity contribution is 6.30. The molecular formula is C16H11Cl2N3O. The lowest BCUT2D eigenvalue weighted by Crippen LogP contribution is -2.00. The minimum atomic E-state index is 0.255. The molecule has 0 saturated heterocycles. The van der Waals surface area contributed by atoms with E-state index in [0.29, 0.717) is 21.7 Å². The Labute approximate surface area is 137 Å². The van der Waals surface area contributed by atoms with Crippen LogP contribution in [-0.4, -0.2) is 22.1 Å². The molecule has 110 valence electrons. The molecule has 1 heterocycles. The van der Waals surface area contributed by atoms with E-state index in [9.17, 15) is 0 Å². The summed E-state index contributed by atoms with van der Waals surface area (Å²) in [5.41, 5.74) is 1.67. The van der Waals surface area contributed by atoms with Crippen LogP contribution in [0.2, 0.25) is 10.0 Å². The summed E-state index contributed by atoms with van der Waals surface area (Å²) in [6.45, 7) is 0. The van der Waals surface area contributed by atoms with Crippen LogP contribution in [0, 0.1) is 0 Å². The monoisotopic (exact) mass is 331 g/mol. The average Bonchev–Trinajstić information content (AvgIpc) is 2.55. The van der Waals surface area contributed by atoms with Crippen LogP contribution in [0.15, 0.2) is 48.5 Å². The second-order valence-electron chi connectivity index (χ2n) is 4.48. The molecule has 0 amide bonds. The van der Waals surface area contributed by atoms with Gasteiger partial charge in [0.1, 0.15) is 0 Å². The number of halogens is 2. The van der Waals surface area contributed by atoms with Crippen molar-refractivity contribution < 1.29 is 4.74 Å². The molecule has 0 fully saturated rings. The summed E-state index contributed by atoms with van der Waals surface area (Å²) in [6, 6.07) is 14.8. The van der Waals surface area contributed by atoms with Gasteiger partial charge in [-0.15, -0.1) is 0 Å². The molecule has 1 aromatic heterocycles. The molecule has 0 saturated carbocycles. The lowest BCUT2D eigenvalue weighted by atomic mass is 10.2. The molecule has 4 nitrogen and oxygen atoms in total. The highest BCUT2D eigenvalue weighted by Crippen LogP contribution is 2.24. The van der Waals surface area contributed by atoms with Gasteiger partial charge < -0.3 is 4.74 Å². The minimum absolute atomic E-state index is 0.255. The molecule has 0 aliphatic carbocycles. The first kappa shape index (κ1) is 14.8. The largest absolute Gasteiger partial charge is 0.467 e. The maximum absolute atomic E-state index is 5.91. The van der Waals surface area contributed by atoms with Gasteiger partial charge in [0.05, 0.1) is 7.11 Å². The van der Waals surface area contributed by atoms with Crippen molar-refractivity contribution in [3.63, 3.8) is 0 Å². The maximum atomic E-state index is 5.91. The highest BCUT2D eigenvalue weighted by Gasteiger charge is 2.10. The van der Waals surface area contributed by atoms with Crippen molar-refractivity contribution in [2.24, 2.45) is 0 Å². The van der Waals surface area contributed by atoms with E-state index in [1.54, 1.807) is 24.3 Å². The minimum Gasteiger partial charge on any atom is -0.467 e. The summed E-state index contributed by atoms with van der Waals surface area (Å²) in [5, 5.41) is 1.31. The average molecular weight is 332 g/mol. The summed E-state index contributed by atoms with van der Waals surface area (Å²) in [6.07, 6.45) is 0. The van der Waals surface area contributed by atoms with Gasteiger partial charge in [0.15, 0.2) is 11.6 Å². The number of methoxy groups -OCH3 is 1. The highest BCUT2D eigenvalue weighted by atomic mass is 35.5. The Morgan fingerprint density at radius 1 is 0.682 bits per heavy atom. The van der Waals surface area contributed by atoms with Gasteiger partial charge in [0.2, 0.25) is 0 Å². The van der Waals surface area contributed by atoms with E-state index in [1.165, 1.54) is 7.11 Å². The fourth-order valence-corrected chi connectivity index (χ4v) is 2.16. The van der Waals surface area contributed by atoms with Gasteiger partial charge in [0, 0.05) is 21.2 Å². The summed E-state index contributed by atoms with van der Waals surface area (Å²) >= 11 is 11.8. The molecule has 0 bridgehead atoms. The Morgan fingerprint density at radius 2 is 1.09 bits per heavy atom. The van der Waals surface area contributed by atoms with Gasteiger partial charge in [-0.25, -0.2) is 4.98 Å². The molecule has 0 spiro atoms. The van der Waals surface area contributed by atoms with Crippen molar-refractivity contribution in [2.75, 3.05) is 7.11 Å². The number of ether oxygens (including phenoxy) is 1. The van der Waals surface area contributed by atoms with Crippen LogP contribution in [0.1, 0.15) is 0 Å². The first-order valence-corrected chi connectivity index (χ1v) is 7.23. The van der Waals surface area contributed by atoms with E-state index in [1.807, 2.05) is 24.3 Å². The number of hydrogen-bond donors (Lipinski definition) is 0. The molecule has 0 unspecified atom stereocenters. The Morgan fingerprint density at radius 3 is 1.45 bits per heavy atom. The predicted molar refractivity (Wildman–Crippen MR) is 87.3 cm³/mol. The van der Waals surface area contributed by atoms with Crippen LogP contribution in [-0.2, 0) is 0 Å². The van der Waals surface area contributed by atoms with E-state index in [0.717, 1.165) is 11.1 Å². The summed E-state index contributed by atoms with van der Waals surface area (Å²) in [7, 11) is 1.52. The standard InChI is InChI=1S/C16H11Cl2N3O/c1-22-16-20-14(10-2-6-12(17)7-3-10)19-15(21-16)11-4-8-13(18)9-5-11/h2-9H,1H3. The van der Waals surface area contributed by atoms with Crippen molar-refractivity contribution in [2.45, 2.75) is 0 Å². The number of aromatic nitrogens is 3. The Balaban J connectivity index is 2.10. The molecular weight excluding hydrogens is 321 g/mol. The van der Waals surface area contributed by atoms with Crippen LogP contribution in [0.5, 0.6) is 6.01 Å². The van der Waals surface area contributed by atoms with Crippen LogP contribution >= 0.6 is 23.2 Å². The molecule has 22 heavy (non-hydrogen) atoms. The molecule has 0 radical (unpaired) electrons. The van der Waals surface area contributed by atoms with E-state index < -0.39 is 0 Å². The number of benzene rings is 2. The van der Waals surface area contributed by atoms with Crippen molar-refractivity contribution in [1.82, 2.24) is 15.0 Å². The summed E-state index contributed by atoms with van der Waals surface area (Å²) in [5.74, 6) is 1.04. The predicted octanol–water partition coefficient (Wildman–Crippen LogP) is 4.52. The Hall–Kier alpha value is -2.17. The van der Waals surface area contributed by atoms with Crippen LogP contribution < -0.4 is 4.74 Å². The van der Waals surface area contributed by atoms with E-state index in [-0.39, 0.29) is 6.01 Å². The third kappa shape index (κ3) is 3.18. The molecule has 0 atom stereocenters. The number of hydrogen-bond acceptors (Lipinski definition) is 4. The molecule has 0 aliphatic heterocycles. The SMILES string of the molecule is COc1nc(-c2ccc(Cl)cc2)nc(-c2ccc(Cl)cc2)n1. The first-order valence-electron chi connectivity index (χ1n) is 6.47. The quantitative estimate of drug-likeness (QED) is 0.707. The fourth-order valence-electron chi connectivity index (χ4n) is 1.90. The third-order valence-electron chi connectivity index (χ3n) is 3.00. The fraction of sp³-hybridized carbons (Fsp3) is 0.0625. The van der Waals surface area contributed by atoms with Crippen molar-refractivity contribution in [3.05, 3.63) is 58.6 Å². The second-order valence-corrected chi connectivity index (χ2v) is 5.36. The van der Waals surface area contributed by atoms with Gasteiger partial charge in [-0.05, 0) is 48.5 Å². The lowest BCUT2D eigenvalue weighted by molar-refractivity contribution is 0.379. The Bertz CT molecular complexity index is 726. The van der Waals surface area contributed by atoms with Crippen LogP contribution in [0.4, 0.5) is 0 Å². The van der Waals surface area contributed by atoms with Gasteiger partial charge in [-0.2, -0.15) is 9.97 Å². The van der Waals surface area contributed by atoms with Crippen LogP contribution in [0.3, 0.4) is 0 Å². The lowest BCUT2D eigenvalue weighted by Gasteiger charge is -2.07. The maximum Gasteiger partial charge on any atom is 0.320 e. The molecule has 0 aliphatic rings. The van der Waals surface area contributed by atoms with Gasteiger partial charge in [-0.1, -0.05) is 23.2 Å². The second kappa shape index (κ2) is 6.30. The van der Waals surface area contributed by atoms with E-state index in [4.69, 9.17) is 27.9 Å². The molecule has 2 aromatic carbocycles. The third-order valence-corrected chi connectivity index (χ3v) is 3.51. The van der Waals surface area contributed by atoms with Crippen molar-refractivity contribution >= 4 is 23.2 Å². The molecule has 3 rings (SSSR count). The number of rotatable bonds is 3. The summed E-state index contributed by atoms with van der Waals surface area (Å²) in [4.78, 5) is 13.1. The number of nitrogens with zero attached hydrogens (tertiary/aromatic N) is 3. The smallest absolute Gasteiger partial charge is 0.320 e. The molecule has 6 heteroatoms. The zero-order chi connectivity index (χ0) is 15.5. The van der Waals surface area contributed by atoms with E-state index >= 15 is 0 Å². The van der Waals surface area contributed by atoms with Crippen LogP contribution in [0.25, 0.3) is 22.8 Å². The van der Waals surface area contributed by atoms with Crippen molar-refractivity contribution in [1.29, 1.82) is 0 Å². The molecule has 3 aromatic rings. The zero-order valence-corrected chi connectivity index (χ0v) is 13.1. The normalized spacial score (nSPS) is 10.5.